The van der Waals surface area contributed by atoms with E-state index in [1.165, 1.54) is 0 Å². The number of fused-ring (bicyclic) bond motifs is 2. The van der Waals surface area contributed by atoms with Gasteiger partial charge in [0.15, 0.2) is 29.2 Å². The first kappa shape index (κ1) is 14.2. The molecule has 0 bridgehead atoms. The predicted octanol–water partition coefficient (Wildman–Crippen LogP) is 1.87. The first-order valence-electron chi connectivity index (χ1n) is 8.41. The molecule has 7 nitrogen and oxygen atoms in total. The Kier molecular flexibility index (Phi) is 3.24. The van der Waals surface area contributed by atoms with E-state index in [1.807, 2.05) is 24.3 Å². The van der Waals surface area contributed by atoms with E-state index in [0.29, 0.717) is 19.8 Å². The smallest absolute Gasteiger partial charge is 0.192 e. The Labute approximate surface area is 139 Å². The minimum Gasteiger partial charge on any atom is -0.485 e. The van der Waals surface area contributed by atoms with Gasteiger partial charge in [-0.2, -0.15) is 0 Å². The summed E-state index contributed by atoms with van der Waals surface area (Å²) in [5.41, 5.74) is 0. The highest BCUT2D eigenvalue weighted by molar-refractivity contribution is 5.41. The summed E-state index contributed by atoms with van der Waals surface area (Å²) in [6.45, 7) is 2.54. The Morgan fingerprint density at radius 2 is 1.88 bits per heavy atom. The van der Waals surface area contributed by atoms with E-state index in [2.05, 4.69) is 14.8 Å². The highest BCUT2D eigenvalue weighted by atomic mass is 16.7. The molecule has 3 aliphatic heterocycles. The van der Waals surface area contributed by atoms with Crippen LogP contribution >= 0.6 is 0 Å². The quantitative estimate of drug-likeness (QED) is 0.796. The minimum atomic E-state index is -0.450. The van der Waals surface area contributed by atoms with Crippen molar-refractivity contribution in [2.24, 2.45) is 0 Å². The summed E-state index contributed by atoms with van der Waals surface area (Å²) in [5.74, 6) is 2.85. The maximum absolute atomic E-state index is 6.09. The van der Waals surface area contributed by atoms with Crippen LogP contribution in [0.1, 0.15) is 30.6 Å². The fraction of sp³-hybridized carbons (Fsp3) is 0.529. The lowest BCUT2D eigenvalue weighted by Gasteiger charge is -2.27. The number of hydrogen-bond donors (Lipinski definition) is 0. The molecular formula is C17H19N3O4. The number of aromatic nitrogens is 3. The second-order valence-corrected chi connectivity index (χ2v) is 6.35. The molecule has 1 spiro atoms. The number of ether oxygens (including phenoxy) is 4. The van der Waals surface area contributed by atoms with E-state index in [-0.39, 0.29) is 6.10 Å². The van der Waals surface area contributed by atoms with Gasteiger partial charge in [0.25, 0.3) is 0 Å². The van der Waals surface area contributed by atoms with Gasteiger partial charge >= 0.3 is 0 Å². The van der Waals surface area contributed by atoms with Crippen molar-refractivity contribution >= 4 is 0 Å². The highest BCUT2D eigenvalue weighted by Gasteiger charge is 2.39. The average molecular weight is 329 g/mol. The summed E-state index contributed by atoms with van der Waals surface area (Å²) in [6, 6.07) is 7.70. The minimum absolute atomic E-state index is 0.249. The molecule has 24 heavy (non-hydrogen) atoms. The normalized spacial score (nSPS) is 24.6. The van der Waals surface area contributed by atoms with Crippen molar-refractivity contribution in [3.05, 3.63) is 35.9 Å². The van der Waals surface area contributed by atoms with Crippen LogP contribution in [0.5, 0.6) is 11.5 Å². The van der Waals surface area contributed by atoms with Crippen LogP contribution in [0.15, 0.2) is 24.3 Å². The molecule has 4 heterocycles. The molecule has 5 rings (SSSR count). The fourth-order valence-electron chi connectivity index (χ4n) is 3.66. The zero-order valence-corrected chi connectivity index (χ0v) is 13.3. The van der Waals surface area contributed by atoms with Crippen molar-refractivity contribution in [3.8, 4) is 11.5 Å². The van der Waals surface area contributed by atoms with E-state index in [4.69, 9.17) is 18.9 Å². The lowest BCUT2D eigenvalue weighted by molar-refractivity contribution is -0.166. The van der Waals surface area contributed by atoms with Crippen LogP contribution in [0.2, 0.25) is 0 Å². The monoisotopic (exact) mass is 329 g/mol. The molecule has 1 atom stereocenters. The molecule has 1 aromatic heterocycles. The topological polar surface area (TPSA) is 67.6 Å². The lowest BCUT2D eigenvalue weighted by atomic mass is 10.1. The number of rotatable bonds is 1. The van der Waals surface area contributed by atoms with Gasteiger partial charge in [0.2, 0.25) is 0 Å². The highest BCUT2D eigenvalue weighted by Crippen LogP contribution is 2.37. The molecule has 3 aliphatic rings. The van der Waals surface area contributed by atoms with E-state index in [0.717, 1.165) is 49.0 Å². The summed E-state index contributed by atoms with van der Waals surface area (Å²) in [6.07, 6.45) is 2.16. The molecule has 7 heteroatoms. The Bertz CT molecular complexity index is 754. The van der Waals surface area contributed by atoms with Crippen molar-refractivity contribution in [1.82, 2.24) is 14.8 Å². The third kappa shape index (κ3) is 2.27. The number of hydrogen-bond acceptors (Lipinski definition) is 6. The number of aryl methyl sites for hydroxylation is 1. The molecule has 1 saturated heterocycles. The van der Waals surface area contributed by atoms with Gasteiger partial charge in [-0.1, -0.05) is 12.1 Å². The van der Waals surface area contributed by atoms with Crippen molar-refractivity contribution in [2.75, 3.05) is 19.8 Å². The summed E-state index contributed by atoms with van der Waals surface area (Å²) >= 11 is 0. The lowest BCUT2D eigenvalue weighted by Crippen LogP contribution is -2.31. The zero-order chi connectivity index (χ0) is 16.0. The Morgan fingerprint density at radius 1 is 1.04 bits per heavy atom. The van der Waals surface area contributed by atoms with Crippen LogP contribution in [0.25, 0.3) is 0 Å². The zero-order valence-electron chi connectivity index (χ0n) is 13.3. The molecule has 2 aromatic rings. The van der Waals surface area contributed by atoms with Crippen molar-refractivity contribution in [2.45, 2.75) is 37.7 Å². The third-order valence-electron chi connectivity index (χ3n) is 4.91. The molecule has 0 N–H and O–H groups in total. The van der Waals surface area contributed by atoms with E-state index in [1.54, 1.807) is 0 Å². The molecule has 0 aliphatic carbocycles. The third-order valence-corrected chi connectivity index (χ3v) is 4.91. The van der Waals surface area contributed by atoms with Crippen LogP contribution in [0.4, 0.5) is 0 Å². The SMILES string of the molecule is c1ccc2c(c1)OCC(c1nnc3n1CCC1(CC3)OCCO1)O2. The Balaban J connectivity index is 1.41. The largest absolute Gasteiger partial charge is 0.485 e. The van der Waals surface area contributed by atoms with Gasteiger partial charge in [-0.3, -0.25) is 0 Å². The number of benzene rings is 1. The summed E-state index contributed by atoms with van der Waals surface area (Å²) in [7, 11) is 0. The molecular weight excluding hydrogens is 310 g/mol. The first-order valence-corrected chi connectivity index (χ1v) is 8.41. The second-order valence-electron chi connectivity index (χ2n) is 6.35. The number of nitrogens with zero attached hydrogens (tertiary/aromatic N) is 3. The van der Waals surface area contributed by atoms with Crippen LogP contribution < -0.4 is 9.47 Å². The van der Waals surface area contributed by atoms with E-state index < -0.39 is 5.79 Å². The van der Waals surface area contributed by atoms with Crippen LogP contribution in [0, 0.1) is 0 Å². The van der Waals surface area contributed by atoms with Gasteiger partial charge in [0.1, 0.15) is 12.4 Å². The van der Waals surface area contributed by atoms with Crippen LogP contribution in [-0.2, 0) is 22.4 Å². The number of para-hydroxylation sites is 2. The molecule has 1 unspecified atom stereocenters. The Morgan fingerprint density at radius 3 is 2.75 bits per heavy atom. The van der Waals surface area contributed by atoms with Gasteiger partial charge in [-0.05, 0) is 12.1 Å². The molecule has 0 radical (unpaired) electrons. The first-order chi connectivity index (χ1) is 11.8. The van der Waals surface area contributed by atoms with Crippen molar-refractivity contribution in [1.29, 1.82) is 0 Å². The van der Waals surface area contributed by atoms with Gasteiger partial charge in [0.05, 0.1) is 13.2 Å². The second kappa shape index (κ2) is 5.46. The van der Waals surface area contributed by atoms with Gasteiger partial charge in [-0.25, -0.2) is 0 Å². The van der Waals surface area contributed by atoms with Crippen molar-refractivity contribution in [3.63, 3.8) is 0 Å². The van der Waals surface area contributed by atoms with E-state index >= 15 is 0 Å². The molecule has 0 amide bonds. The maximum Gasteiger partial charge on any atom is 0.192 e. The van der Waals surface area contributed by atoms with Gasteiger partial charge in [-0.15, -0.1) is 10.2 Å². The Hall–Kier alpha value is -2.12. The van der Waals surface area contributed by atoms with E-state index in [9.17, 15) is 0 Å². The van der Waals surface area contributed by atoms with Crippen molar-refractivity contribution < 1.29 is 18.9 Å². The predicted molar refractivity (Wildman–Crippen MR) is 82.9 cm³/mol. The molecule has 0 saturated carbocycles. The summed E-state index contributed by atoms with van der Waals surface area (Å²) in [5, 5.41) is 8.75. The average Bonchev–Trinajstić information content (AvgIpc) is 3.21. The molecule has 1 fully saturated rings. The summed E-state index contributed by atoms with van der Waals surface area (Å²) < 4.78 is 25.8. The molecule has 1 aromatic carbocycles. The maximum atomic E-state index is 6.09. The fourth-order valence-corrected chi connectivity index (χ4v) is 3.66. The van der Waals surface area contributed by atoms with Crippen LogP contribution in [-0.4, -0.2) is 40.4 Å². The standard InChI is InChI=1S/C17H19N3O4/c1-2-4-13-12(3-1)21-11-14(24-13)16-19-18-15-5-6-17(7-8-20(15)16)22-9-10-23-17/h1-4,14H,5-11H2. The van der Waals surface area contributed by atoms with Gasteiger partial charge in [0, 0.05) is 25.8 Å². The molecule has 126 valence electrons. The van der Waals surface area contributed by atoms with Gasteiger partial charge < -0.3 is 23.5 Å². The summed E-state index contributed by atoms with van der Waals surface area (Å²) in [4.78, 5) is 0. The van der Waals surface area contributed by atoms with Crippen LogP contribution in [0.3, 0.4) is 0 Å².